The number of aliphatic hydroxyl groups excluding tert-OH is 4. The van der Waals surface area contributed by atoms with Gasteiger partial charge in [0.2, 0.25) is 0 Å². The van der Waals surface area contributed by atoms with Crippen LogP contribution in [0.15, 0.2) is 11.3 Å². The van der Waals surface area contributed by atoms with Crippen molar-refractivity contribution in [3.8, 4) is 0 Å². The van der Waals surface area contributed by atoms with Gasteiger partial charge >= 0.3 is 0 Å². The third-order valence-electron chi connectivity index (χ3n) is 13.2. The predicted octanol–water partition coefficient (Wildman–Crippen LogP) is 1.09. The topological polar surface area (TPSA) is 177 Å². The van der Waals surface area contributed by atoms with Gasteiger partial charge in [-0.3, -0.25) is 4.79 Å². The lowest BCUT2D eigenvalue weighted by Crippen LogP contribution is -2.67. The van der Waals surface area contributed by atoms with Crippen LogP contribution in [0.4, 0.5) is 0 Å². The van der Waals surface area contributed by atoms with Crippen LogP contribution < -0.4 is 5.32 Å². The summed E-state index contributed by atoms with van der Waals surface area (Å²) in [6.07, 6.45) is -2.49. The number of hydrogen-bond acceptors (Lipinski definition) is 10. The van der Waals surface area contributed by atoms with Crippen LogP contribution in [0.3, 0.4) is 0 Å². The Balaban J connectivity index is 1.62. The van der Waals surface area contributed by atoms with Crippen molar-refractivity contribution in [1.29, 1.82) is 0 Å². The summed E-state index contributed by atoms with van der Waals surface area (Å²) in [5.74, 6) is -2.34. The number of hydrogen-bond donors (Lipinski definition) is 7. The number of allylic oxidation sites excluding steroid dienone is 1. The zero-order valence-electron chi connectivity index (χ0n) is 26.5. The lowest BCUT2D eigenvalue weighted by molar-refractivity contribution is -0.201. The van der Waals surface area contributed by atoms with Gasteiger partial charge in [-0.05, 0) is 80.6 Å². The van der Waals surface area contributed by atoms with E-state index in [9.17, 15) is 40.2 Å². The predicted molar refractivity (Wildman–Crippen MR) is 157 cm³/mol. The number of Topliss-reactive ketones (excluding diaryl/α,β-unsaturated/α-hetero) is 1. The van der Waals surface area contributed by atoms with E-state index in [1.807, 2.05) is 20.8 Å². The van der Waals surface area contributed by atoms with Gasteiger partial charge in [-0.15, -0.1) is 0 Å². The van der Waals surface area contributed by atoms with Crippen LogP contribution in [0.2, 0.25) is 0 Å². The van der Waals surface area contributed by atoms with E-state index in [2.05, 4.69) is 12.2 Å². The molecule has 0 aromatic rings. The molecule has 0 amide bonds. The van der Waals surface area contributed by atoms with Gasteiger partial charge in [-0.25, -0.2) is 0 Å². The summed E-state index contributed by atoms with van der Waals surface area (Å²) in [6, 6.07) is 0. The SMILES string of the molecule is CC(O)CNC1=C2C(CCC3(C)C(C(C)(O)C(O)C4OCC(C)C4C)CCC23O)C2(C)C(CC(O)C(O)C2CC=O)C1=O. The molecule has 0 radical (unpaired) electrons. The van der Waals surface area contributed by atoms with Crippen molar-refractivity contribution in [2.24, 2.45) is 46.3 Å². The fourth-order valence-corrected chi connectivity index (χ4v) is 10.3. The van der Waals surface area contributed by atoms with Gasteiger partial charge in [0.25, 0.3) is 0 Å². The summed E-state index contributed by atoms with van der Waals surface area (Å²) < 4.78 is 5.94. The number of aldehydes is 1. The fraction of sp³-hybridized carbons (Fsp3) is 0.879. The molecular weight excluding hydrogens is 554 g/mol. The minimum atomic E-state index is -1.60. The van der Waals surface area contributed by atoms with Gasteiger partial charge in [-0.2, -0.15) is 0 Å². The maximum atomic E-state index is 14.4. The molecule has 1 aliphatic heterocycles. The number of ether oxygens (including phenoxy) is 1. The molecule has 7 N–H and O–H groups in total. The Morgan fingerprint density at radius 3 is 2.40 bits per heavy atom. The molecule has 0 bridgehead atoms. The molecule has 4 aliphatic carbocycles. The quantitative estimate of drug-likeness (QED) is 0.198. The van der Waals surface area contributed by atoms with Crippen LogP contribution in [0.5, 0.6) is 0 Å². The Morgan fingerprint density at radius 1 is 1.14 bits per heavy atom. The largest absolute Gasteiger partial charge is 0.392 e. The minimum Gasteiger partial charge on any atom is -0.392 e. The van der Waals surface area contributed by atoms with Crippen molar-refractivity contribution >= 4 is 12.1 Å². The number of aliphatic hydroxyl groups is 6. The molecule has 4 fully saturated rings. The van der Waals surface area contributed by atoms with E-state index in [1.165, 1.54) is 0 Å². The summed E-state index contributed by atoms with van der Waals surface area (Å²) in [7, 11) is 0. The molecule has 0 aromatic carbocycles. The molecule has 43 heavy (non-hydrogen) atoms. The molecular formula is C33H53NO9. The number of nitrogens with one attached hydrogen (secondary N) is 1. The van der Waals surface area contributed by atoms with E-state index in [0.717, 1.165) is 6.29 Å². The van der Waals surface area contributed by atoms with E-state index >= 15 is 0 Å². The molecule has 1 heterocycles. The van der Waals surface area contributed by atoms with Crippen molar-refractivity contribution in [1.82, 2.24) is 5.32 Å². The highest BCUT2D eigenvalue weighted by molar-refractivity contribution is 6.00. The van der Waals surface area contributed by atoms with Crippen LogP contribution in [0.1, 0.15) is 80.1 Å². The molecule has 3 saturated carbocycles. The van der Waals surface area contributed by atoms with Gasteiger partial charge in [0.15, 0.2) is 5.78 Å². The van der Waals surface area contributed by atoms with Crippen LogP contribution in [-0.2, 0) is 14.3 Å². The van der Waals surface area contributed by atoms with Gasteiger partial charge in [-0.1, -0.05) is 27.7 Å². The van der Waals surface area contributed by atoms with Crippen molar-refractivity contribution in [2.45, 2.75) is 122 Å². The normalized spacial score (nSPS) is 49.0. The lowest BCUT2D eigenvalue weighted by atomic mass is 9.42. The first kappa shape index (κ1) is 33.0. The monoisotopic (exact) mass is 607 g/mol. The van der Waals surface area contributed by atoms with E-state index in [-0.39, 0.29) is 49.1 Å². The molecule has 15 atom stereocenters. The van der Waals surface area contributed by atoms with Crippen LogP contribution >= 0.6 is 0 Å². The van der Waals surface area contributed by atoms with Gasteiger partial charge < -0.3 is 45.5 Å². The average Bonchev–Trinajstić information content (AvgIpc) is 3.42. The Hall–Kier alpha value is -1.40. The van der Waals surface area contributed by atoms with Crippen molar-refractivity contribution < 1.29 is 45.0 Å². The smallest absolute Gasteiger partial charge is 0.182 e. The first-order valence-corrected chi connectivity index (χ1v) is 16.2. The zero-order chi connectivity index (χ0) is 31.9. The highest BCUT2D eigenvalue weighted by atomic mass is 16.5. The van der Waals surface area contributed by atoms with Crippen molar-refractivity contribution in [3.05, 3.63) is 11.3 Å². The molecule has 0 spiro atoms. The summed E-state index contributed by atoms with van der Waals surface area (Å²) in [5.41, 5.74) is -4.24. The molecule has 10 nitrogen and oxygen atoms in total. The fourth-order valence-electron chi connectivity index (χ4n) is 10.3. The second kappa shape index (κ2) is 11.1. The van der Waals surface area contributed by atoms with Gasteiger partial charge in [0.1, 0.15) is 12.4 Å². The Kier molecular flexibility index (Phi) is 8.54. The minimum absolute atomic E-state index is 0.0318. The standard InChI is InChI=1S/C33H53NO9/c1-16-15-43-28(18(16)3)29(40)32(6,41)23-8-11-33(42)24-19(7-10-30(23,33)4)31(5)20(9-12-35)26(38)22(37)13-21(31)27(39)25(24)34-14-17(2)36/h12,16-23,26,28-29,34,36-38,40-42H,7-11,13-15H2,1-6H3. The molecule has 5 aliphatic rings. The van der Waals surface area contributed by atoms with Crippen molar-refractivity contribution in [2.75, 3.05) is 13.2 Å². The summed E-state index contributed by atoms with van der Waals surface area (Å²) >= 11 is 0. The molecule has 244 valence electrons. The van der Waals surface area contributed by atoms with Crippen LogP contribution in [0.25, 0.3) is 0 Å². The second-order valence-electron chi connectivity index (χ2n) is 15.4. The van der Waals surface area contributed by atoms with E-state index in [4.69, 9.17) is 4.74 Å². The maximum absolute atomic E-state index is 14.4. The third-order valence-corrected chi connectivity index (χ3v) is 13.2. The second-order valence-corrected chi connectivity index (χ2v) is 15.4. The summed E-state index contributed by atoms with van der Waals surface area (Å²) in [4.78, 5) is 26.2. The van der Waals surface area contributed by atoms with Gasteiger partial charge in [0, 0.05) is 36.8 Å². The summed E-state index contributed by atoms with van der Waals surface area (Å²) in [6.45, 7) is 11.7. The molecule has 0 aromatic heterocycles. The zero-order valence-corrected chi connectivity index (χ0v) is 26.5. The van der Waals surface area contributed by atoms with E-state index < -0.39 is 76.2 Å². The van der Waals surface area contributed by atoms with Crippen LogP contribution in [0, 0.1) is 46.3 Å². The van der Waals surface area contributed by atoms with E-state index in [1.54, 1.807) is 13.8 Å². The number of rotatable bonds is 8. The average molecular weight is 608 g/mol. The Bertz CT molecular complexity index is 1140. The summed E-state index contributed by atoms with van der Waals surface area (Å²) in [5, 5.41) is 71.8. The third kappa shape index (κ3) is 4.61. The lowest BCUT2D eigenvalue weighted by Gasteiger charge is -2.63. The Labute approximate surface area is 254 Å². The molecule has 1 saturated heterocycles. The highest BCUT2D eigenvalue weighted by Gasteiger charge is 2.72. The number of fused-ring (bicyclic) bond motifs is 5. The maximum Gasteiger partial charge on any atom is 0.182 e. The molecule has 5 rings (SSSR count). The number of carbonyl (C=O) groups excluding carboxylic acids is 2. The first-order chi connectivity index (χ1) is 20.0. The van der Waals surface area contributed by atoms with Gasteiger partial charge in [0.05, 0.1) is 41.3 Å². The number of ketones is 1. The first-order valence-electron chi connectivity index (χ1n) is 16.2. The van der Waals surface area contributed by atoms with Crippen LogP contribution in [-0.4, -0.2) is 97.6 Å². The molecule has 10 heteroatoms. The number of carbonyl (C=O) groups is 2. The highest BCUT2D eigenvalue weighted by Crippen LogP contribution is 2.70. The van der Waals surface area contributed by atoms with Crippen molar-refractivity contribution in [3.63, 3.8) is 0 Å². The van der Waals surface area contributed by atoms with E-state index in [0.29, 0.717) is 31.4 Å². The Morgan fingerprint density at radius 2 is 1.81 bits per heavy atom. The molecule has 15 unspecified atom stereocenters.